The molecule has 0 spiro atoms. The molecule has 178 valence electrons. The lowest BCUT2D eigenvalue weighted by Gasteiger charge is -2.16. The van der Waals surface area contributed by atoms with Crippen molar-refractivity contribution in [3.63, 3.8) is 0 Å². The summed E-state index contributed by atoms with van der Waals surface area (Å²) < 4.78 is 29.3. The van der Waals surface area contributed by atoms with Gasteiger partial charge < -0.3 is 4.90 Å². The number of nitrogens with one attached hydrogen (secondary N) is 1. The Balaban J connectivity index is 1.42. The van der Waals surface area contributed by atoms with Crippen molar-refractivity contribution >= 4 is 27.3 Å². The fraction of sp³-hybridized carbons (Fsp3) is 0.0833. The third kappa shape index (κ3) is 5.53. The summed E-state index contributed by atoms with van der Waals surface area (Å²) in [5.74, 6) is -0.245. The lowest BCUT2D eigenvalue weighted by atomic mass is 10.2. The predicted molar refractivity (Wildman–Crippen MR) is 130 cm³/mol. The number of benzene rings is 3. The van der Waals surface area contributed by atoms with Gasteiger partial charge in [0.05, 0.1) is 21.7 Å². The SMILES string of the molecule is CN(Cc1cnn(-c2ccccc2)c1)C(=O)c1ccc(NS(=O)(=O)c2cccc([N+](=O)[O-])c2)cc1. The second kappa shape index (κ2) is 9.77. The van der Waals surface area contributed by atoms with E-state index in [1.807, 2.05) is 36.5 Å². The van der Waals surface area contributed by atoms with Gasteiger partial charge in [-0.3, -0.25) is 19.6 Å². The molecule has 3 aromatic carbocycles. The van der Waals surface area contributed by atoms with Gasteiger partial charge in [-0.15, -0.1) is 0 Å². The molecule has 0 bridgehead atoms. The molecule has 0 atom stereocenters. The van der Waals surface area contributed by atoms with Crippen LogP contribution in [0.1, 0.15) is 15.9 Å². The number of nitro groups is 1. The first-order chi connectivity index (χ1) is 16.7. The minimum absolute atomic E-state index is 0.222. The van der Waals surface area contributed by atoms with Crippen molar-refractivity contribution in [2.24, 2.45) is 0 Å². The predicted octanol–water partition coefficient (Wildman–Crippen LogP) is 3.85. The van der Waals surface area contributed by atoms with Gasteiger partial charge in [-0.05, 0) is 42.5 Å². The average Bonchev–Trinajstić information content (AvgIpc) is 3.33. The van der Waals surface area contributed by atoms with Crippen molar-refractivity contribution in [3.05, 3.63) is 112 Å². The number of sulfonamides is 1. The molecule has 1 aromatic heterocycles. The molecule has 10 nitrogen and oxygen atoms in total. The highest BCUT2D eigenvalue weighted by atomic mass is 32.2. The summed E-state index contributed by atoms with van der Waals surface area (Å²) in [6, 6.07) is 20.3. The lowest BCUT2D eigenvalue weighted by Crippen LogP contribution is -2.26. The molecule has 4 aromatic rings. The number of nitrogens with zero attached hydrogens (tertiary/aromatic N) is 4. The normalized spacial score (nSPS) is 11.1. The van der Waals surface area contributed by atoms with Crippen LogP contribution in [0.25, 0.3) is 5.69 Å². The van der Waals surface area contributed by atoms with E-state index < -0.39 is 14.9 Å². The second-order valence-corrected chi connectivity index (χ2v) is 9.41. The maximum absolute atomic E-state index is 12.8. The van der Waals surface area contributed by atoms with Crippen molar-refractivity contribution in [1.29, 1.82) is 0 Å². The maximum atomic E-state index is 12.8. The Hall–Kier alpha value is -4.51. The smallest absolute Gasteiger partial charge is 0.270 e. The van der Waals surface area contributed by atoms with E-state index in [4.69, 9.17) is 0 Å². The molecule has 11 heteroatoms. The Bertz CT molecular complexity index is 1470. The molecule has 0 unspecified atom stereocenters. The Labute approximate surface area is 201 Å². The summed E-state index contributed by atoms with van der Waals surface area (Å²) in [5.41, 5.74) is 2.04. The van der Waals surface area contributed by atoms with Crippen LogP contribution in [0.3, 0.4) is 0 Å². The quantitative estimate of drug-likeness (QED) is 0.295. The molecule has 0 fully saturated rings. The van der Waals surface area contributed by atoms with E-state index in [0.717, 1.165) is 17.3 Å². The van der Waals surface area contributed by atoms with E-state index in [0.29, 0.717) is 12.1 Å². The average molecular weight is 492 g/mol. The molecular weight excluding hydrogens is 470 g/mol. The molecule has 0 saturated heterocycles. The second-order valence-electron chi connectivity index (χ2n) is 7.73. The largest absolute Gasteiger partial charge is 0.337 e. The van der Waals surface area contributed by atoms with Gasteiger partial charge in [0, 0.05) is 48.7 Å². The first-order valence-corrected chi connectivity index (χ1v) is 11.9. The Morgan fingerprint density at radius 3 is 2.46 bits per heavy atom. The number of non-ortho nitro benzene ring substituents is 1. The first-order valence-electron chi connectivity index (χ1n) is 10.4. The van der Waals surface area contributed by atoms with Gasteiger partial charge in [-0.2, -0.15) is 5.10 Å². The van der Waals surface area contributed by atoms with Crippen LogP contribution in [-0.4, -0.2) is 41.0 Å². The van der Waals surface area contributed by atoms with Gasteiger partial charge in [-0.1, -0.05) is 24.3 Å². The van der Waals surface area contributed by atoms with Crippen molar-refractivity contribution in [2.75, 3.05) is 11.8 Å². The molecule has 0 aliphatic carbocycles. The van der Waals surface area contributed by atoms with E-state index in [-0.39, 0.29) is 22.2 Å². The maximum Gasteiger partial charge on any atom is 0.270 e. The Kier molecular flexibility index (Phi) is 6.60. The molecule has 1 heterocycles. The number of rotatable bonds is 8. The zero-order chi connectivity index (χ0) is 25.0. The number of hydrogen-bond donors (Lipinski definition) is 1. The molecule has 0 aliphatic rings. The van der Waals surface area contributed by atoms with Crippen molar-refractivity contribution in [3.8, 4) is 5.69 Å². The zero-order valence-corrected chi connectivity index (χ0v) is 19.4. The number of hydrogen-bond acceptors (Lipinski definition) is 6. The summed E-state index contributed by atoms with van der Waals surface area (Å²) in [7, 11) is -2.37. The van der Waals surface area contributed by atoms with Gasteiger partial charge in [-0.25, -0.2) is 13.1 Å². The summed E-state index contributed by atoms with van der Waals surface area (Å²) in [6.07, 6.45) is 3.55. The van der Waals surface area contributed by atoms with Crippen LogP contribution in [0, 0.1) is 10.1 Å². The van der Waals surface area contributed by atoms with E-state index >= 15 is 0 Å². The minimum Gasteiger partial charge on any atom is -0.337 e. The number of carbonyl (C=O) groups excluding carboxylic acids is 1. The molecule has 1 N–H and O–H groups in total. The monoisotopic (exact) mass is 491 g/mol. The molecule has 0 aliphatic heterocycles. The third-order valence-electron chi connectivity index (χ3n) is 5.15. The molecule has 1 amide bonds. The van der Waals surface area contributed by atoms with Crippen molar-refractivity contribution in [2.45, 2.75) is 11.4 Å². The molecular formula is C24H21N5O5S. The highest BCUT2D eigenvalue weighted by Crippen LogP contribution is 2.21. The van der Waals surface area contributed by atoms with Crippen LogP contribution in [0.15, 0.2) is 96.2 Å². The van der Waals surface area contributed by atoms with E-state index in [2.05, 4.69) is 9.82 Å². The Morgan fingerprint density at radius 1 is 1.06 bits per heavy atom. The molecule has 35 heavy (non-hydrogen) atoms. The summed E-state index contributed by atoms with van der Waals surface area (Å²) in [4.78, 5) is 24.4. The molecule has 4 rings (SSSR count). The fourth-order valence-electron chi connectivity index (χ4n) is 3.39. The summed E-state index contributed by atoms with van der Waals surface area (Å²) in [6.45, 7) is 0.340. The highest BCUT2D eigenvalue weighted by Gasteiger charge is 2.19. The van der Waals surface area contributed by atoms with Crippen LogP contribution in [0.4, 0.5) is 11.4 Å². The summed E-state index contributed by atoms with van der Waals surface area (Å²) in [5, 5.41) is 15.3. The van der Waals surface area contributed by atoms with Crippen molar-refractivity contribution < 1.29 is 18.1 Å². The van der Waals surface area contributed by atoms with Gasteiger partial charge in [0.1, 0.15) is 0 Å². The number of amides is 1. The zero-order valence-electron chi connectivity index (χ0n) is 18.6. The van der Waals surface area contributed by atoms with Crippen LogP contribution in [0.5, 0.6) is 0 Å². The van der Waals surface area contributed by atoms with Crippen LogP contribution in [-0.2, 0) is 16.6 Å². The van der Waals surface area contributed by atoms with E-state index in [1.54, 1.807) is 17.9 Å². The number of nitro benzene ring substituents is 1. The fourth-order valence-corrected chi connectivity index (χ4v) is 4.49. The standard InChI is InChI=1S/C24H21N5O5S/c1-27(16-18-15-25-28(17-18)21-6-3-2-4-7-21)24(30)19-10-12-20(13-11-19)26-35(33,34)23-9-5-8-22(14-23)29(31)32/h2-15,17,26H,16H2,1H3. The summed E-state index contributed by atoms with van der Waals surface area (Å²) >= 11 is 0. The van der Waals surface area contributed by atoms with Gasteiger partial charge in [0.15, 0.2) is 0 Å². The lowest BCUT2D eigenvalue weighted by molar-refractivity contribution is -0.385. The van der Waals surface area contributed by atoms with Gasteiger partial charge >= 0.3 is 0 Å². The number of aromatic nitrogens is 2. The highest BCUT2D eigenvalue weighted by molar-refractivity contribution is 7.92. The van der Waals surface area contributed by atoms with Crippen molar-refractivity contribution in [1.82, 2.24) is 14.7 Å². The topological polar surface area (TPSA) is 127 Å². The van der Waals surface area contributed by atoms with E-state index in [9.17, 15) is 23.3 Å². The van der Waals surface area contributed by atoms with Crippen LogP contribution >= 0.6 is 0 Å². The third-order valence-corrected chi connectivity index (χ3v) is 6.53. The first kappa shape index (κ1) is 23.6. The number of anilines is 1. The molecule has 0 saturated carbocycles. The minimum atomic E-state index is -4.04. The molecule has 0 radical (unpaired) electrons. The number of carbonyl (C=O) groups is 1. The van der Waals surface area contributed by atoms with Crippen LogP contribution in [0.2, 0.25) is 0 Å². The van der Waals surface area contributed by atoms with Crippen LogP contribution < -0.4 is 4.72 Å². The van der Waals surface area contributed by atoms with E-state index in [1.165, 1.54) is 47.4 Å². The Morgan fingerprint density at radius 2 is 1.77 bits per heavy atom. The number of para-hydroxylation sites is 1. The van der Waals surface area contributed by atoms with Gasteiger partial charge in [0.25, 0.3) is 21.6 Å². The van der Waals surface area contributed by atoms with Gasteiger partial charge in [0.2, 0.25) is 0 Å².